The number of hydrogen-bond donors (Lipinski definition) is 2. The van der Waals surface area contributed by atoms with Crippen molar-refractivity contribution in [1.29, 1.82) is 0 Å². The van der Waals surface area contributed by atoms with Crippen molar-refractivity contribution in [3.8, 4) is 0 Å². The smallest absolute Gasteiger partial charge is 0.213 e. The van der Waals surface area contributed by atoms with E-state index in [0.717, 1.165) is 19.4 Å². The van der Waals surface area contributed by atoms with Gasteiger partial charge in [0.05, 0.1) is 13.2 Å². The van der Waals surface area contributed by atoms with E-state index in [1.807, 2.05) is 6.07 Å². The van der Waals surface area contributed by atoms with Crippen LogP contribution in [0.1, 0.15) is 12.0 Å². The van der Waals surface area contributed by atoms with Crippen LogP contribution in [0.25, 0.3) is 0 Å². The van der Waals surface area contributed by atoms with Crippen LogP contribution in [0.15, 0.2) is 29.3 Å². The van der Waals surface area contributed by atoms with E-state index >= 15 is 0 Å². The molecule has 0 aliphatic carbocycles. The molecular formula is C13H20N4O. The van der Waals surface area contributed by atoms with Crippen molar-refractivity contribution < 1.29 is 4.74 Å². The van der Waals surface area contributed by atoms with Crippen molar-refractivity contribution in [2.75, 3.05) is 31.7 Å². The van der Waals surface area contributed by atoms with Gasteiger partial charge in [0.15, 0.2) is 0 Å². The summed E-state index contributed by atoms with van der Waals surface area (Å²) in [7, 11) is 1.67. The zero-order valence-corrected chi connectivity index (χ0v) is 10.7. The summed E-state index contributed by atoms with van der Waals surface area (Å²) in [5, 5.41) is 0. The van der Waals surface area contributed by atoms with Crippen molar-refractivity contribution in [3.63, 3.8) is 0 Å². The normalized spacial score (nSPS) is 15.4. The number of aryl methyl sites for hydroxylation is 1. The molecule has 5 heteroatoms. The monoisotopic (exact) mass is 248 g/mol. The third-order valence-electron chi connectivity index (χ3n) is 3.05. The number of nitrogens with two attached hydrogens (primary N) is 1. The summed E-state index contributed by atoms with van der Waals surface area (Å²) in [6.07, 6.45) is 2.23. The highest BCUT2D eigenvalue weighted by molar-refractivity contribution is 5.96. The summed E-state index contributed by atoms with van der Waals surface area (Å²) >= 11 is 0. The Kier molecular flexibility index (Phi) is 4.55. The number of hydrogen-bond acceptors (Lipinski definition) is 3. The maximum atomic E-state index is 5.58. The van der Waals surface area contributed by atoms with Crippen LogP contribution in [0.5, 0.6) is 0 Å². The lowest BCUT2D eigenvalue weighted by atomic mass is 10.0. The molecule has 0 spiro atoms. The Morgan fingerprint density at radius 2 is 2.33 bits per heavy atom. The molecule has 0 aromatic heterocycles. The predicted octanol–water partition coefficient (Wildman–Crippen LogP) is 0.905. The fourth-order valence-electron chi connectivity index (χ4n) is 2.21. The molecule has 0 amide bonds. The Balaban J connectivity index is 2.19. The second-order valence-electron chi connectivity index (χ2n) is 4.23. The largest absolute Gasteiger partial charge is 0.383 e. The molecule has 1 aliphatic rings. The van der Waals surface area contributed by atoms with Crippen molar-refractivity contribution in [3.05, 3.63) is 29.8 Å². The van der Waals surface area contributed by atoms with Gasteiger partial charge in [0, 0.05) is 19.3 Å². The molecule has 0 saturated carbocycles. The first-order valence-electron chi connectivity index (χ1n) is 6.22. The third kappa shape index (κ3) is 2.80. The fraction of sp³-hybridized carbons (Fsp3) is 0.462. The quantitative estimate of drug-likeness (QED) is 0.274. The van der Waals surface area contributed by atoms with Crippen LogP contribution in [0.2, 0.25) is 0 Å². The minimum atomic E-state index is 0.598. The van der Waals surface area contributed by atoms with Gasteiger partial charge in [-0.25, -0.2) is 10.8 Å². The lowest BCUT2D eigenvalue weighted by Crippen LogP contribution is -2.47. The molecule has 5 nitrogen and oxygen atoms in total. The Labute approximate surface area is 108 Å². The molecule has 1 heterocycles. The summed E-state index contributed by atoms with van der Waals surface area (Å²) in [6, 6.07) is 8.38. The Bertz CT molecular complexity index is 419. The Hall–Kier alpha value is -1.59. The second kappa shape index (κ2) is 6.37. The highest BCUT2D eigenvalue weighted by atomic mass is 16.5. The maximum absolute atomic E-state index is 5.58. The van der Waals surface area contributed by atoms with Crippen LogP contribution in [-0.4, -0.2) is 32.8 Å². The molecule has 0 bridgehead atoms. The molecule has 1 aliphatic heterocycles. The van der Waals surface area contributed by atoms with Gasteiger partial charge in [-0.15, -0.1) is 0 Å². The van der Waals surface area contributed by atoms with E-state index in [1.165, 1.54) is 11.3 Å². The number of nitrogens with one attached hydrogen (secondary N) is 1. The molecule has 98 valence electrons. The van der Waals surface area contributed by atoms with Crippen molar-refractivity contribution in [2.45, 2.75) is 12.8 Å². The number of fused-ring (bicyclic) bond motifs is 1. The molecule has 0 saturated heterocycles. The summed E-state index contributed by atoms with van der Waals surface area (Å²) < 4.78 is 5.00. The highest BCUT2D eigenvalue weighted by Crippen LogP contribution is 2.26. The molecule has 0 fully saturated rings. The molecule has 1 aromatic rings. The van der Waals surface area contributed by atoms with E-state index in [4.69, 9.17) is 10.6 Å². The number of ether oxygens (including phenoxy) is 1. The van der Waals surface area contributed by atoms with Crippen molar-refractivity contribution in [1.82, 2.24) is 5.43 Å². The maximum Gasteiger partial charge on any atom is 0.213 e. The standard InChI is InChI=1S/C13H20N4O/c1-18-10-8-15-13(16-14)17-9-4-6-11-5-2-3-7-12(11)17/h2-3,5,7H,4,6,8-10,14H2,1H3,(H,15,16). The van der Waals surface area contributed by atoms with Gasteiger partial charge in [-0.1, -0.05) is 18.2 Å². The summed E-state index contributed by atoms with van der Waals surface area (Å²) in [5.41, 5.74) is 5.23. The minimum Gasteiger partial charge on any atom is -0.383 e. The Morgan fingerprint density at radius 3 is 3.11 bits per heavy atom. The number of hydrazine groups is 1. The minimum absolute atomic E-state index is 0.598. The Morgan fingerprint density at radius 1 is 1.50 bits per heavy atom. The predicted molar refractivity (Wildman–Crippen MR) is 73.6 cm³/mol. The van der Waals surface area contributed by atoms with Crippen LogP contribution >= 0.6 is 0 Å². The topological polar surface area (TPSA) is 62.9 Å². The summed E-state index contributed by atoms with van der Waals surface area (Å²) in [6.45, 7) is 2.14. The fourth-order valence-corrected chi connectivity index (χ4v) is 2.21. The van der Waals surface area contributed by atoms with Crippen LogP contribution in [0, 0.1) is 0 Å². The van der Waals surface area contributed by atoms with Gasteiger partial charge in [-0.3, -0.25) is 5.43 Å². The van der Waals surface area contributed by atoms with E-state index in [0.29, 0.717) is 19.1 Å². The zero-order chi connectivity index (χ0) is 12.8. The van der Waals surface area contributed by atoms with Gasteiger partial charge < -0.3 is 9.64 Å². The number of aliphatic imine (C=N–C) groups is 1. The van der Waals surface area contributed by atoms with Gasteiger partial charge in [-0.05, 0) is 24.5 Å². The third-order valence-corrected chi connectivity index (χ3v) is 3.05. The molecular weight excluding hydrogens is 228 g/mol. The van der Waals surface area contributed by atoms with E-state index in [9.17, 15) is 0 Å². The number of methoxy groups -OCH3 is 1. The van der Waals surface area contributed by atoms with Gasteiger partial charge >= 0.3 is 0 Å². The first-order valence-corrected chi connectivity index (χ1v) is 6.22. The van der Waals surface area contributed by atoms with Crippen LogP contribution in [-0.2, 0) is 11.2 Å². The average molecular weight is 248 g/mol. The van der Waals surface area contributed by atoms with Gasteiger partial charge in [0.25, 0.3) is 0 Å². The summed E-state index contributed by atoms with van der Waals surface area (Å²) in [5.74, 6) is 6.29. The molecule has 0 atom stereocenters. The lowest BCUT2D eigenvalue weighted by molar-refractivity contribution is 0.208. The molecule has 2 rings (SSSR count). The van der Waals surface area contributed by atoms with Gasteiger partial charge in [-0.2, -0.15) is 0 Å². The highest BCUT2D eigenvalue weighted by Gasteiger charge is 2.19. The first-order chi connectivity index (χ1) is 8.86. The van der Waals surface area contributed by atoms with Crippen molar-refractivity contribution >= 4 is 11.6 Å². The number of benzene rings is 1. The molecule has 1 aromatic carbocycles. The van der Waals surface area contributed by atoms with E-state index in [-0.39, 0.29) is 0 Å². The molecule has 3 N–H and O–H groups in total. The lowest BCUT2D eigenvalue weighted by Gasteiger charge is -2.31. The van der Waals surface area contributed by atoms with Crippen LogP contribution in [0.3, 0.4) is 0 Å². The second-order valence-corrected chi connectivity index (χ2v) is 4.23. The van der Waals surface area contributed by atoms with E-state index < -0.39 is 0 Å². The van der Waals surface area contributed by atoms with Gasteiger partial charge in [0.2, 0.25) is 5.96 Å². The SMILES string of the molecule is COCCN=C(NN)N1CCCc2ccccc21. The van der Waals surface area contributed by atoms with Crippen LogP contribution in [0.4, 0.5) is 5.69 Å². The number of para-hydroxylation sites is 1. The summed E-state index contributed by atoms with van der Waals surface area (Å²) in [4.78, 5) is 6.57. The first kappa shape index (κ1) is 12.9. The molecule has 18 heavy (non-hydrogen) atoms. The van der Waals surface area contributed by atoms with E-state index in [2.05, 4.69) is 33.5 Å². The number of rotatable bonds is 3. The number of nitrogens with zero attached hydrogens (tertiary/aromatic N) is 2. The van der Waals surface area contributed by atoms with Gasteiger partial charge in [0.1, 0.15) is 0 Å². The van der Waals surface area contributed by atoms with E-state index in [1.54, 1.807) is 7.11 Å². The van der Waals surface area contributed by atoms with Crippen LogP contribution < -0.4 is 16.2 Å². The number of anilines is 1. The number of guanidine groups is 1. The average Bonchev–Trinajstić information content (AvgIpc) is 2.43. The molecule has 0 radical (unpaired) electrons. The zero-order valence-electron chi connectivity index (χ0n) is 10.7. The van der Waals surface area contributed by atoms with Crippen molar-refractivity contribution in [2.24, 2.45) is 10.8 Å². The molecule has 0 unspecified atom stereocenters.